The number of fused-ring (bicyclic) bond motifs is 1. The van der Waals surface area contributed by atoms with E-state index in [9.17, 15) is 4.79 Å². The topological polar surface area (TPSA) is 78.9 Å². The lowest BCUT2D eigenvalue weighted by Gasteiger charge is -2.29. The maximum Gasteiger partial charge on any atom is 0.265 e. The van der Waals surface area contributed by atoms with Gasteiger partial charge < -0.3 is 20.3 Å². The van der Waals surface area contributed by atoms with Crippen molar-refractivity contribution in [1.82, 2.24) is 15.6 Å². The number of thiazole rings is 1. The van der Waals surface area contributed by atoms with Gasteiger partial charge in [-0.25, -0.2) is 9.98 Å². The van der Waals surface area contributed by atoms with Crippen molar-refractivity contribution in [3.05, 3.63) is 39.8 Å². The summed E-state index contributed by atoms with van der Waals surface area (Å²) in [4.78, 5) is 24.4. The van der Waals surface area contributed by atoms with Gasteiger partial charge in [-0.05, 0) is 39.3 Å². The minimum absolute atomic E-state index is 0.00576. The second-order valence-corrected chi connectivity index (χ2v) is 7.81. The quantitative estimate of drug-likeness (QED) is 0.424. The van der Waals surface area contributed by atoms with Crippen LogP contribution in [-0.4, -0.2) is 43.1 Å². The van der Waals surface area contributed by atoms with Crippen molar-refractivity contribution in [2.75, 3.05) is 31.1 Å². The number of hydrogen-bond acceptors (Lipinski definition) is 5. The molecule has 3 rings (SSSR count). The highest BCUT2D eigenvalue weighted by atomic mass is 32.1. The van der Waals surface area contributed by atoms with Crippen molar-refractivity contribution >= 4 is 28.9 Å². The Bertz CT molecular complexity index is 829. The molecule has 0 unspecified atom stereocenters. The van der Waals surface area contributed by atoms with Gasteiger partial charge in [0.15, 0.2) is 12.6 Å². The van der Waals surface area contributed by atoms with Crippen LogP contribution < -0.4 is 20.3 Å². The number of aromatic nitrogens is 1. The molecule has 1 aromatic carbocycles. The standard InChI is InChI=1S/C20H27N5O2S/c1-4-21-20(23-12-18-24-14(2)15(3)28-18)22-10-7-11-25-16-8-5-6-9-17(16)27-13-19(25)26/h5-6,8-9H,4,7,10-13H2,1-3H3,(H2,21,22,23). The number of carbonyl (C=O) groups is 1. The zero-order chi connectivity index (χ0) is 19.9. The summed E-state index contributed by atoms with van der Waals surface area (Å²) in [5.74, 6) is 1.52. The number of anilines is 1. The highest BCUT2D eigenvalue weighted by molar-refractivity contribution is 7.11. The number of nitrogens with one attached hydrogen (secondary N) is 2. The summed E-state index contributed by atoms with van der Waals surface area (Å²) in [5.41, 5.74) is 1.91. The van der Waals surface area contributed by atoms with E-state index >= 15 is 0 Å². The smallest absolute Gasteiger partial charge is 0.265 e. The van der Waals surface area contributed by atoms with Gasteiger partial charge in [0.25, 0.3) is 5.91 Å². The van der Waals surface area contributed by atoms with Crippen molar-refractivity contribution in [3.8, 4) is 5.75 Å². The summed E-state index contributed by atoms with van der Waals surface area (Å²) in [5, 5.41) is 7.61. The van der Waals surface area contributed by atoms with Crippen LogP contribution in [0.5, 0.6) is 5.75 Å². The molecule has 2 N–H and O–H groups in total. The molecule has 0 saturated carbocycles. The zero-order valence-electron chi connectivity index (χ0n) is 16.6. The van der Waals surface area contributed by atoms with Crippen molar-refractivity contribution in [1.29, 1.82) is 0 Å². The number of para-hydroxylation sites is 2. The van der Waals surface area contributed by atoms with Gasteiger partial charge in [0.2, 0.25) is 0 Å². The van der Waals surface area contributed by atoms with Gasteiger partial charge in [0, 0.05) is 24.5 Å². The Balaban J connectivity index is 1.52. The first-order valence-corrected chi connectivity index (χ1v) is 10.4. The lowest BCUT2D eigenvalue weighted by Crippen LogP contribution is -2.42. The molecule has 7 nitrogen and oxygen atoms in total. The predicted molar refractivity (Wildman–Crippen MR) is 113 cm³/mol. The largest absolute Gasteiger partial charge is 0.482 e. The first-order valence-electron chi connectivity index (χ1n) is 9.55. The van der Waals surface area contributed by atoms with Crippen LogP contribution in [0.4, 0.5) is 5.69 Å². The number of amides is 1. The van der Waals surface area contributed by atoms with E-state index in [1.54, 1.807) is 16.2 Å². The summed E-state index contributed by atoms with van der Waals surface area (Å²) in [7, 11) is 0. The Morgan fingerprint density at radius 3 is 2.89 bits per heavy atom. The molecular weight excluding hydrogens is 374 g/mol. The normalized spacial score (nSPS) is 13.9. The van der Waals surface area contributed by atoms with E-state index in [-0.39, 0.29) is 12.5 Å². The fourth-order valence-corrected chi connectivity index (χ4v) is 3.80. The highest BCUT2D eigenvalue weighted by Gasteiger charge is 2.24. The van der Waals surface area contributed by atoms with E-state index in [1.807, 2.05) is 38.1 Å². The maximum absolute atomic E-state index is 12.2. The molecule has 0 bridgehead atoms. The molecule has 0 aliphatic carbocycles. The van der Waals surface area contributed by atoms with Gasteiger partial charge in [-0.15, -0.1) is 11.3 Å². The zero-order valence-corrected chi connectivity index (χ0v) is 17.4. The molecule has 2 aromatic rings. The molecule has 1 amide bonds. The van der Waals surface area contributed by atoms with Crippen LogP contribution in [0.3, 0.4) is 0 Å². The lowest BCUT2D eigenvalue weighted by molar-refractivity contribution is -0.121. The fraction of sp³-hybridized carbons (Fsp3) is 0.450. The van der Waals surface area contributed by atoms with E-state index < -0.39 is 0 Å². The second kappa shape index (κ2) is 9.54. The molecule has 0 fully saturated rings. The van der Waals surface area contributed by atoms with Gasteiger partial charge >= 0.3 is 0 Å². The van der Waals surface area contributed by atoms with E-state index in [1.165, 1.54) is 4.88 Å². The number of nitrogens with zero attached hydrogens (tertiary/aromatic N) is 3. The Morgan fingerprint density at radius 1 is 1.32 bits per heavy atom. The summed E-state index contributed by atoms with van der Waals surface area (Å²) < 4.78 is 5.49. The van der Waals surface area contributed by atoms with E-state index in [0.29, 0.717) is 19.6 Å². The van der Waals surface area contributed by atoms with Crippen LogP contribution in [0.25, 0.3) is 0 Å². The minimum atomic E-state index is -0.00576. The van der Waals surface area contributed by atoms with Crippen LogP contribution in [-0.2, 0) is 11.3 Å². The Labute approximate surface area is 169 Å². The average Bonchev–Trinajstić information content (AvgIpc) is 3.02. The van der Waals surface area contributed by atoms with Crippen molar-refractivity contribution < 1.29 is 9.53 Å². The number of ether oxygens (including phenoxy) is 1. The SMILES string of the molecule is CCNC(=NCc1nc(C)c(C)s1)NCCCN1C(=O)COc2ccccc21. The molecule has 1 aliphatic heterocycles. The second-order valence-electron chi connectivity index (χ2n) is 6.53. The highest BCUT2D eigenvalue weighted by Crippen LogP contribution is 2.31. The number of guanidine groups is 1. The van der Waals surface area contributed by atoms with Crippen LogP contribution in [0, 0.1) is 13.8 Å². The predicted octanol–water partition coefficient (Wildman–Crippen LogP) is 2.63. The maximum atomic E-state index is 12.2. The summed E-state index contributed by atoms with van der Waals surface area (Å²) in [6, 6.07) is 7.65. The minimum Gasteiger partial charge on any atom is -0.482 e. The number of aryl methyl sites for hydroxylation is 2. The van der Waals surface area contributed by atoms with Gasteiger partial charge in [0.1, 0.15) is 10.8 Å². The van der Waals surface area contributed by atoms with Gasteiger partial charge in [-0.2, -0.15) is 0 Å². The van der Waals surface area contributed by atoms with Crippen LogP contribution in [0.15, 0.2) is 29.3 Å². The Hall–Kier alpha value is -2.61. The van der Waals surface area contributed by atoms with E-state index in [4.69, 9.17) is 4.74 Å². The summed E-state index contributed by atoms with van der Waals surface area (Å²) in [6.07, 6.45) is 0.806. The fourth-order valence-electron chi connectivity index (χ4n) is 2.94. The number of rotatable bonds is 7. The lowest BCUT2D eigenvalue weighted by atomic mass is 10.2. The molecule has 150 valence electrons. The molecule has 0 saturated heterocycles. The molecule has 1 aromatic heterocycles. The third-order valence-corrected chi connectivity index (χ3v) is 5.51. The third-order valence-electron chi connectivity index (χ3n) is 4.45. The van der Waals surface area contributed by atoms with Gasteiger partial charge in [0.05, 0.1) is 17.9 Å². The third kappa shape index (κ3) is 5.01. The number of carbonyl (C=O) groups excluding carboxylic acids is 1. The Kier molecular flexibility index (Phi) is 6.86. The van der Waals surface area contributed by atoms with Gasteiger partial charge in [-0.1, -0.05) is 12.1 Å². The molecule has 28 heavy (non-hydrogen) atoms. The van der Waals surface area contributed by atoms with Crippen LogP contribution in [0.2, 0.25) is 0 Å². The number of aliphatic imine (C=N–C) groups is 1. The number of hydrogen-bond donors (Lipinski definition) is 2. The van der Waals surface area contributed by atoms with Crippen molar-refractivity contribution in [2.45, 2.75) is 33.7 Å². The summed E-state index contributed by atoms with van der Waals surface area (Å²) >= 11 is 1.69. The van der Waals surface area contributed by atoms with Crippen molar-refractivity contribution in [3.63, 3.8) is 0 Å². The molecule has 0 spiro atoms. The molecular formula is C20H27N5O2S. The number of benzene rings is 1. The molecule has 8 heteroatoms. The van der Waals surface area contributed by atoms with E-state index in [2.05, 4.69) is 27.5 Å². The van der Waals surface area contributed by atoms with E-state index in [0.717, 1.165) is 41.1 Å². The molecule has 2 heterocycles. The first-order chi connectivity index (χ1) is 13.6. The Morgan fingerprint density at radius 2 is 2.14 bits per heavy atom. The summed E-state index contributed by atoms with van der Waals surface area (Å²) in [6.45, 7) is 8.94. The average molecular weight is 402 g/mol. The molecule has 0 radical (unpaired) electrons. The van der Waals surface area contributed by atoms with Gasteiger partial charge in [-0.3, -0.25) is 4.79 Å². The van der Waals surface area contributed by atoms with Crippen molar-refractivity contribution in [2.24, 2.45) is 4.99 Å². The van der Waals surface area contributed by atoms with Crippen LogP contribution >= 0.6 is 11.3 Å². The first kappa shape index (κ1) is 20.1. The molecule has 0 atom stereocenters. The molecule has 1 aliphatic rings. The van der Waals surface area contributed by atoms with Crippen LogP contribution in [0.1, 0.15) is 28.9 Å². The monoisotopic (exact) mass is 401 g/mol.